The Morgan fingerprint density at radius 2 is 2.14 bits per heavy atom. The molecular weight excluding hydrogens is 285 g/mol. The van der Waals surface area contributed by atoms with E-state index < -0.39 is 0 Å². The molecule has 1 aromatic rings. The number of rotatable bonds is 4. The summed E-state index contributed by atoms with van der Waals surface area (Å²) >= 11 is 2.38. The first-order valence-corrected chi connectivity index (χ1v) is 6.24. The molecule has 0 aromatic heterocycles. The zero-order valence-corrected chi connectivity index (χ0v) is 11.3. The smallest absolute Gasteiger partial charge is 0.0353 e. The fourth-order valence-corrected chi connectivity index (χ4v) is 1.99. The van der Waals surface area contributed by atoms with Gasteiger partial charge in [-0.3, -0.25) is 0 Å². The van der Waals surface area contributed by atoms with E-state index in [0.717, 1.165) is 0 Å². The summed E-state index contributed by atoms with van der Waals surface area (Å²) in [4.78, 5) is 0. The number of hydrogen-bond donors (Lipinski definition) is 1. The first kappa shape index (κ1) is 11.8. The lowest BCUT2D eigenvalue weighted by Crippen LogP contribution is -2.14. The van der Waals surface area contributed by atoms with E-state index in [4.69, 9.17) is 0 Å². The third-order valence-electron chi connectivity index (χ3n) is 2.31. The molecule has 0 aliphatic carbocycles. The first-order valence-electron chi connectivity index (χ1n) is 5.16. The topological polar surface area (TPSA) is 12.0 Å². The van der Waals surface area contributed by atoms with Gasteiger partial charge in [0.15, 0.2) is 0 Å². The molecule has 0 fully saturated rings. The maximum Gasteiger partial charge on any atom is 0.0353 e. The van der Waals surface area contributed by atoms with E-state index in [1.54, 1.807) is 0 Å². The van der Waals surface area contributed by atoms with Crippen molar-refractivity contribution in [3.63, 3.8) is 0 Å². The van der Waals surface area contributed by atoms with E-state index in [-0.39, 0.29) is 0 Å². The van der Waals surface area contributed by atoms with Crippen LogP contribution in [0, 0.1) is 10.5 Å². The molecule has 1 rings (SSSR count). The molecule has 14 heavy (non-hydrogen) atoms. The molecule has 1 nitrogen and oxygen atoms in total. The number of benzene rings is 1. The number of nitrogens with one attached hydrogen (secondary N) is 1. The SMILES string of the molecule is CCCC(C)Nc1ccc(C)c(I)c1. The predicted molar refractivity (Wildman–Crippen MR) is 71.9 cm³/mol. The maximum absolute atomic E-state index is 3.51. The minimum absolute atomic E-state index is 0.568. The second-order valence-corrected chi connectivity index (χ2v) is 4.96. The summed E-state index contributed by atoms with van der Waals surface area (Å²) in [5.74, 6) is 0. The van der Waals surface area contributed by atoms with Gasteiger partial charge >= 0.3 is 0 Å². The van der Waals surface area contributed by atoms with Gasteiger partial charge in [0.05, 0.1) is 0 Å². The minimum Gasteiger partial charge on any atom is -0.383 e. The van der Waals surface area contributed by atoms with E-state index in [2.05, 4.69) is 66.9 Å². The highest BCUT2D eigenvalue weighted by atomic mass is 127. The summed E-state index contributed by atoms with van der Waals surface area (Å²) in [5.41, 5.74) is 2.58. The second-order valence-electron chi connectivity index (χ2n) is 3.80. The van der Waals surface area contributed by atoms with Crippen LogP contribution in [0.15, 0.2) is 18.2 Å². The van der Waals surface area contributed by atoms with Gasteiger partial charge in [-0.05, 0) is 60.6 Å². The molecule has 0 amide bonds. The van der Waals surface area contributed by atoms with Crippen LogP contribution < -0.4 is 5.32 Å². The Bertz CT molecular complexity index is 296. The Kier molecular flexibility index (Phi) is 4.72. The molecule has 0 bridgehead atoms. The Morgan fingerprint density at radius 3 is 2.71 bits per heavy atom. The zero-order chi connectivity index (χ0) is 10.6. The minimum atomic E-state index is 0.568. The molecule has 1 N–H and O–H groups in total. The van der Waals surface area contributed by atoms with Crippen molar-refractivity contribution >= 4 is 28.3 Å². The molecule has 0 radical (unpaired) electrons. The van der Waals surface area contributed by atoms with Crippen molar-refractivity contribution in [3.05, 3.63) is 27.3 Å². The standard InChI is InChI=1S/C12H18IN/c1-4-5-10(3)14-11-7-6-9(2)12(13)8-11/h6-8,10,14H,4-5H2,1-3H3. The lowest BCUT2D eigenvalue weighted by atomic mass is 10.1. The Balaban J connectivity index is 2.63. The molecule has 1 aromatic carbocycles. The lowest BCUT2D eigenvalue weighted by Gasteiger charge is -2.14. The van der Waals surface area contributed by atoms with Crippen LogP contribution in [0.2, 0.25) is 0 Å². The highest BCUT2D eigenvalue weighted by Gasteiger charge is 2.01. The van der Waals surface area contributed by atoms with E-state index in [0.29, 0.717) is 6.04 Å². The molecule has 0 saturated heterocycles. The van der Waals surface area contributed by atoms with Crippen LogP contribution in [-0.4, -0.2) is 6.04 Å². The van der Waals surface area contributed by atoms with E-state index >= 15 is 0 Å². The summed E-state index contributed by atoms with van der Waals surface area (Å²) < 4.78 is 1.33. The average molecular weight is 303 g/mol. The molecule has 0 aliphatic heterocycles. The largest absolute Gasteiger partial charge is 0.383 e. The summed E-state index contributed by atoms with van der Waals surface area (Å²) in [5, 5.41) is 3.51. The van der Waals surface area contributed by atoms with Crippen LogP contribution in [0.25, 0.3) is 0 Å². The Hall–Kier alpha value is -0.250. The van der Waals surface area contributed by atoms with Crippen LogP contribution in [0.1, 0.15) is 32.3 Å². The molecular formula is C12H18IN. The second kappa shape index (κ2) is 5.59. The molecule has 1 atom stereocenters. The first-order chi connectivity index (χ1) is 6.63. The molecule has 0 aliphatic rings. The zero-order valence-electron chi connectivity index (χ0n) is 9.10. The van der Waals surface area contributed by atoms with Gasteiger partial charge in [-0.1, -0.05) is 19.4 Å². The van der Waals surface area contributed by atoms with Gasteiger partial charge in [-0.15, -0.1) is 0 Å². The van der Waals surface area contributed by atoms with Gasteiger partial charge in [-0.2, -0.15) is 0 Å². The van der Waals surface area contributed by atoms with Crippen LogP contribution in [0.5, 0.6) is 0 Å². The molecule has 0 heterocycles. The molecule has 2 heteroatoms. The normalized spacial score (nSPS) is 12.6. The van der Waals surface area contributed by atoms with Gasteiger partial charge in [0.1, 0.15) is 0 Å². The maximum atomic E-state index is 3.51. The highest BCUT2D eigenvalue weighted by molar-refractivity contribution is 14.1. The number of hydrogen-bond acceptors (Lipinski definition) is 1. The lowest BCUT2D eigenvalue weighted by molar-refractivity contribution is 0.690. The molecule has 0 saturated carbocycles. The van der Waals surface area contributed by atoms with Crippen LogP contribution in [0.3, 0.4) is 0 Å². The summed E-state index contributed by atoms with van der Waals surface area (Å²) in [6, 6.07) is 7.10. The Labute approximate surface area is 100 Å². The highest BCUT2D eigenvalue weighted by Crippen LogP contribution is 2.18. The number of halogens is 1. The summed E-state index contributed by atoms with van der Waals surface area (Å²) in [6.07, 6.45) is 2.46. The van der Waals surface area contributed by atoms with Crippen LogP contribution >= 0.6 is 22.6 Å². The molecule has 0 spiro atoms. The van der Waals surface area contributed by atoms with Crippen molar-refractivity contribution in [2.75, 3.05) is 5.32 Å². The van der Waals surface area contributed by atoms with Crippen LogP contribution in [-0.2, 0) is 0 Å². The molecule has 78 valence electrons. The van der Waals surface area contributed by atoms with Gasteiger partial charge in [-0.25, -0.2) is 0 Å². The van der Waals surface area contributed by atoms with E-state index in [9.17, 15) is 0 Å². The van der Waals surface area contributed by atoms with E-state index in [1.807, 2.05) is 0 Å². The van der Waals surface area contributed by atoms with Gasteiger partial charge < -0.3 is 5.32 Å². The third-order valence-corrected chi connectivity index (χ3v) is 3.47. The van der Waals surface area contributed by atoms with Crippen molar-refractivity contribution < 1.29 is 0 Å². The van der Waals surface area contributed by atoms with Gasteiger partial charge in [0, 0.05) is 15.3 Å². The molecule has 1 unspecified atom stereocenters. The predicted octanol–water partition coefficient (Wildman–Crippen LogP) is 4.20. The number of anilines is 1. The quantitative estimate of drug-likeness (QED) is 0.822. The van der Waals surface area contributed by atoms with Crippen molar-refractivity contribution in [3.8, 4) is 0 Å². The monoisotopic (exact) mass is 303 g/mol. The van der Waals surface area contributed by atoms with Crippen molar-refractivity contribution in [1.82, 2.24) is 0 Å². The summed E-state index contributed by atoms with van der Waals surface area (Å²) in [6.45, 7) is 6.59. The van der Waals surface area contributed by atoms with E-state index in [1.165, 1.54) is 27.7 Å². The van der Waals surface area contributed by atoms with Crippen molar-refractivity contribution in [2.24, 2.45) is 0 Å². The van der Waals surface area contributed by atoms with Crippen molar-refractivity contribution in [2.45, 2.75) is 39.7 Å². The fraction of sp³-hybridized carbons (Fsp3) is 0.500. The van der Waals surface area contributed by atoms with Gasteiger partial charge in [0.25, 0.3) is 0 Å². The number of aryl methyl sites for hydroxylation is 1. The fourth-order valence-electron chi connectivity index (χ4n) is 1.47. The average Bonchev–Trinajstić information content (AvgIpc) is 2.12. The van der Waals surface area contributed by atoms with Gasteiger partial charge in [0.2, 0.25) is 0 Å². The van der Waals surface area contributed by atoms with Crippen molar-refractivity contribution in [1.29, 1.82) is 0 Å². The van der Waals surface area contributed by atoms with Crippen LogP contribution in [0.4, 0.5) is 5.69 Å². The Morgan fingerprint density at radius 1 is 1.43 bits per heavy atom. The summed E-state index contributed by atoms with van der Waals surface area (Å²) in [7, 11) is 0. The third kappa shape index (κ3) is 3.48.